The molecule has 0 saturated carbocycles. The fraction of sp³-hybridized carbons (Fsp3) is 0. The summed E-state index contributed by atoms with van der Waals surface area (Å²) in [6.07, 6.45) is 3.46. The van der Waals surface area contributed by atoms with Gasteiger partial charge in [0.25, 0.3) is 0 Å². The van der Waals surface area contributed by atoms with Gasteiger partial charge in [-0.2, -0.15) is 0 Å². The van der Waals surface area contributed by atoms with E-state index < -0.39 is 5.97 Å². The van der Waals surface area contributed by atoms with Crippen molar-refractivity contribution in [2.45, 2.75) is 0 Å². The van der Waals surface area contributed by atoms with Gasteiger partial charge in [0, 0.05) is 22.8 Å². The molecule has 0 aliphatic rings. The number of aromatic nitrogens is 3. The molecule has 0 amide bonds. The van der Waals surface area contributed by atoms with E-state index in [1.807, 2.05) is 66.0 Å². The molecule has 5 nitrogen and oxygen atoms in total. The minimum Gasteiger partial charge on any atom is -0.477 e. The van der Waals surface area contributed by atoms with Crippen LogP contribution in [0.3, 0.4) is 0 Å². The maximum atomic E-state index is 11.7. The number of hydrogen-bond donors (Lipinski definition) is 1. The zero-order chi connectivity index (χ0) is 21.2. The number of aromatic carboxylic acids is 1. The summed E-state index contributed by atoms with van der Waals surface area (Å²) in [5, 5.41) is 11.6. The molecule has 5 rings (SSSR count). The van der Waals surface area contributed by atoms with E-state index in [-0.39, 0.29) is 0 Å². The van der Waals surface area contributed by atoms with Crippen molar-refractivity contribution in [3.63, 3.8) is 0 Å². The van der Waals surface area contributed by atoms with Crippen molar-refractivity contribution in [3.8, 4) is 43.7 Å². The van der Waals surface area contributed by atoms with Crippen LogP contribution in [0.2, 0.25) is 0 Å². The van der Waals surface area contributed by atoms with Crippen molar-refractivity contribution in [1.82, 2.24) is 15.0 Å². The third-order valence-corrected chi connectivity index (χ3v) is 6.85. The summed E-state index contributed by atoms with van der Waals surface area (Å²) in [4.78, 5) is 27.7. The highest BCUT2D eigenvalue weighted by atomic mass is 32.1. The lowest BCUT2D eigenvalue weighted by atomic mass is 10.0. The van der Waals surface area contributed by atoms with Crippen molar-refractivity contribution in [2.24, 2.45) is 0 Å². The molecule has 0 fully saturated rings. The summed E-state index contributed by atoms with van der Waals surface area (Å²) in [6.45, 7) is 0. The zero-order valence-corrected chi connectivity index (χ0v) is 17.7. The van der Waals surface area contributed by atoms with Crippen LogP contribution in [0.25, 0.3) is 43.7 Å². The molecule has 31 heavy (non-hydrogen) atoms. The van der Waals surface area contributed by atoms with Crippen molar-refractivity contribution in [2.75, 3.05) is 0 Å². The number of rotatable bonds is 5. The maximum absolute atomic E-state index is 11.7. The Bertz CT molecular complexity index is 1290. The van der Waals surface area contributed by atoms with Crippen molar-refractivity contribution in [1.29, 1.82) is 0 Å². The van der Waals surface area contributed by atoms with Gasteiger partial charge in [0.2, 0.25) is 0 Å². The van der Waals surface area contributed by atoms with E-state index in [1.165, 1.54) is 11.3 Å². The summed E-state index contributed by atoms with van der Waals surface area (Å²) < 4.78 is 0. The van der Waals surface area contributed by atoms with Crippen molar-refractivity contribution in [3.05, 3.63) is 89.4 Å². The smallest absolute Gasteiger partial charge is 0.345 e. The van der Waals surface area contributed by atoms with E-state index >= 15 is 0 Å². The lowest BCUT2D eigenvalue weighted by Gasteiger charge is -2.09. The number of carbonyl (C=O) groups is 1. The topological polar surface area (TPSA) is 76.0 Å². The molecule has 0 saturated heterocycles. The Labute approximate surface area is 186 Å². The van der Waals surface area contributed by atoms with E-state index in [0.717, 1.165) is 32.3 Å². The number of nitrogens with zero attached hydrogens (tertiary/aromatic N) is 3. The molecule has 0 bridgehead atoms. The van der Waals surface area contributed by atoms with Gasteiger partial charge in [0.1, 0.15) is 4.88 Å². The Balaban J connectivity index is 1.75. The lowest BCUT2D eigenvalue weighted by molar-refractivity contribution is 0.0702. The standard InChI is InChI=1S/C24H15N3O2S2/c28-24(29)22-14-16(23(31-22)21-8-5-11-30-21)15-12-19(17-6-1-3-9-25-17)27-20(13-15)18-7-2-4-10-26-18/h1-14H,(H,28,29). The van der Waals surface area contributed by atoms with Crippen LogP contribution < -0.4 is 0 Å². The molecule has 5 heterocycles. The minimum atomic E-state index is -0.932. The first-order chi connectivity index (χ1) is 15.2. The van der Waals surface area contributed by atoms with E-state index in [4.69, 9.17) is 4.98 Å². The summed E-state index contributed by atoms with van der Waals surface area (Å²) in [7, 11) is 0. The van der Waals surface area contributed by atoms with E-state index in [0.29, 0.717) is 16.3 Å². The van der Waals surface area contributed by atoms with Crippen LogP contribution in [0.1, 0.15) is 9.67 Å². The Hall–Kier alpha value is -3.68. The van der Waals surface area contributed by atoms with Gasteiger partial charge in [-0.15, -0.1) is 22.7 Å². The molecule has 5 aromatic heterocycles. The lowest BCUT2D eigenvalue weighted by Crippen LogP contribution is -1.94. The third-order valence-electron chi connectivity index (χ3n) is 4.68. The van der Waals surface area contributed by atoms with Gasteiger partial charge < -0.3 is 5.11 Å². The molecule has 5 aromatic rings. The molecule has 7 heteroatoms. The average Bonchev–Trinajstić information content (AvgIpc) is 3.50. The molecule has 0 aliphatic carbocycles. The summed E-state index contributed by atoms with van der Waals surface area (Å²) in [5.41, 5.74) is 4.64. The highest BCUT2D eigenvalue weighted by Crippen LogP contribution is 2.42. The molecule has 150 valence electrons. The molecule has 0 aliphatic heterocycles. The molecule has 0 aromatic carbocycles. The Morgan fingerprint density at radius 1 is 0.806 bits per heavy atom. The summed E-state index contributed by atoms with van der Waals surface area (Å²) in [6, 6.07) is 21.0. The van der Waals surface area contributed by atoms with Crippen LogP contribution in [0.4, 0.5) is 0 Å². The number of hydrogen-bond acceptors (Lipinski definition) is 6. The SMILES string of the molecule is O=C(O)c1cc(-c2cc(-c3ccccn3)nc(-c3ccccn3)c2)c(-c2cccs2)s1. The quantitative estimate of drug-likeness (QED) is 0.343. The minimum absolute atomic E-state index is 0.300. The number of carboxylic acid groups (broad SMARTS) is 1. The second-order valence-electron chi connectivity index (χ2n) is 6.69. The van der Waals surface area contributed by atoms with Crippen molar-refractivity contribution >= 4 is 28.6 Å². The Morgan fingerprint density at radius 2 is 1.48 bits per heavy atom. The molecular weight excluding hydrogens is 426 g/mol. The van der Waals surface area contributed by atoms with Gasteiger partial charge in [0.05, 0.1) is 27.7 Å². The number of pyridine rings is 3. The summed E-state index contributed by atoms with van der Waals surface area (Å²) in [5.74, 6) is -0.932. The number of thiophene rings is 2. The fourth-order valence-corrected chi connectivity index (χ4v) is 5.17. The zero-order valence-electron chi connectivity index (χ0n) is 16.1. The van der Waals surface area contributed by atoms with Crippen LogP contribution in [-0.2, 0) is 0 Å². The normalized spacial score (nSPS) is 10.8. The first-order valence-corrected chi connectivity index (χ1v) is 11.1. The predicted molar refractivity (Wildman–Crippen MR) is 124 cm³/mol. The molecule has 1 N–H and O–H groups in total. The van der Waals surface area contributed by atoms with Crippen LogP contribution in [0.5, 0.6) is 0 Å². The second kappa shape index (κ2) is 8.22. The van der Waals surface area contributed by atoms with Gasteiger partial charge in [-0.05, 0) is 59.5 Å². The fourth-order valence-electron chi connectivity index (χ4n) is 3.28. The highest BCUT2D eigenvalue weighted by Gasteiger charge is 2.19. The van der Waals surface area contributed by atoms with Crippen LogP contribution in [-0.4, -0.2) is 26.0 Å². The Kier molecular flexibility index (Phi) is 5.11. The van der Waals surface area contributed by atoms with Gasteiger partial charge in [0.15, 0.2) is 0 Å². The maximum Gasteiger partial charge on any atom is 0.345 e. The summed E-state index contributed by atoms with van der Waals surface area (Å²) >= 11 is 2.87. The molecule has 0 radical (unpaired) electrons. The Morgan fingerprint density at radius 3 is 2.00 bits per heavy atom. The molecule has 0 spiro atoms. The largest absolute Gasteiger partial charge is 0.477 e. The first kappa shape index (κ1) is 19.3. The highest BCUT2D eigenvalue weighted by molar-refractivity contribution is 7.22. The monoisotopic (exact) mass is 441 g/mol. The van der Waals surface area contributed by atoms with E-state index in [2.05, 4.69) is 9.97 Å². The molecule has 0 unspecified atom stereocenters. The van der Waals surface area contributed by atoms with Crippen LogP contribution in [0.15, 0.2) is 84.5 Å². The van der Waals surface area contributed by atoms with Crippen LogP contribution in [0, 0.1) is 0 Å². The molecule has 0 atom stereocenters. The van der Waals surface area contributed by atoms with Gasteiger partial charge >= 0.3 is 5.97 Å². The molecular formula is C24H15N3O2S2. The van der Waals surface area contributed by atoms with Crippen LogP contribution >= 0.6 is 22.7 Å². The van der Waals surface area contributed by atoms with Gasteiger partial charge in [-0.3, -0.25) is 9.97 Å². The average molecular weight is 442 g/mol. The van der Waals surface area contributed by atoms with Gasteiger partial charge in [-0.25, -0.2) is 9.78 Å². The number of carboxylic acids is 1. The second-order valence-corrected chi connectivity index (χ2v) is 8.69. The van der Waals surface area contributed by atoms with Gasteiger partial charge in [-0.1, -0.05) is 18.2 Å². The van der Waals surface area contributed by atoms with E-state index in [9.17, 15) is 9.90 Å². The van der Waals surface area contributed by atoms with Crippen molar-refractivity contribution < 1.29 is 9.90 Å². The third kappa shape index (κ3) is 3.88. The predicted octanol–water partition coefficient (Wildman–Crippen LogP) is 6.36. The first-order valence-electron chi connectivity index (χ1n) is 9.45. The van der Waals surface area contributed by atoms with E-state index in [1.54, 1.807) is 29.8 Å².